The van der Waals surface area contributed by atoms with E-state index in [-0.39, 0.29) is 5.91 Å². The van der Waals surface area contributed by atoms with Crippen molar-refractivity contribution in [1.29, 1.82) is 0 Å². The van der Waals surface area contributed by atoms with Crippen LogP contribution >= 0.6 is 15.9 Å². The van der Waals surface area contributed by atoms with Crippen LogP contribution < -0.4 is 5.32 Å². The summed E-state index contributed by atoms with van der Waals surface area (Å²) in [4.78, 5) is 16.7. The monoisotopic (exact) mass is 336 g/mol. The minimum atomic E-state index is -0.0888. The molecule has 2 rings (SSSR count). The van der Waals surface area contributed by atoms with Crippen LogP contribution in [-0.4, -0.2) is 36.0 Å². The zero-order valence-corrected chi connectivity index (χ0v) is 12.9. The summed E-state index contributed by atoms with van der Waals surface area (Å²) in [7, 11) is 0. The maximum absolute atomic E-state index is 12.2. The first-order valence-corrected chi connectivity index (χ1v) is 7.63. The molecule has 0 atom stereocenters. The summed E-state index contributed by atoms with van der Waals surface area (Å²) in [6.07, 6.45) is 0. The van der Waals surface area contributed by atoms with Crippen molar-refractivity contribution in [3.8, 4) is 0 Å². The minimum Gasteiger partial charge on any atom is -0.379 e. The molecule has 2 aromatic rings. The van der Waals surface area contributed by atoms with E-state index in [1.165, 1.54) is 0 Å². The molecule has 0 saturated heterocycles. The number of hydrogen-bond donors (Lipinski definition) is 1. The van der Waals surface area contributed by atoms with Crippen LogP contribution in [0.3, 0.4) is 0 Å². The highest BCUT2D eigenvalue weighted by atomic mass is 79.9. The van der Waals surface area contributed by atoms with Crippen molar-refractivity contribution >= 4 is 32.7 Å². The number of fused-ring (bicyclic) bond motifs is 1. The topological polar surface area (TPSA) is 51.2 Å². The Kier molecular flexibility index (Phi) is 5.49. The number of aryl methyl sites for hydroxylation is 1. The Balaban J connectivity index is 2.09. The fraction of sp³-hybridized carbons (Fsp3) is 0.333. The van der Waals surface area contributed by atoms with Gasteiger partial charge < -0.3 is 10.1 Å². The van der Waals surface area contributed by atoms with Crippen molar-refractivity contribution in [1.82, 2.24) is 10.3 Å². The number of nitrogens with one attached hydrogen (secondary N) is 1. The number of alkyl halides is 1. The number of para-hydroxylation sites is 1. The number of pyridine rings is 1. The lowest BCUT2D eigenvalue weighted by Gasteiger charge is -2.09. The predicted octanol–water partition coefficient (Wildman–Crippen LogP) is 2.68. The first-order chi connectivity index (χ1) is 9.72. The van der Waals surface area contributed by atoms with Crippen LogP contribution in [0, 0.1) is 6.92 Å². The van der Waals surface area contributed by atoms with E-state index < -0.39 is 0 Å². The van der Waals surface area contributed by atoms with E-state index in [1.807, 2.05) is 37.3 Å². The molecule has 0 saturated carbocycles. The molecule has 106 valence electrons. The van der Waals surface area contributed by atoms with Gasteiger partial charge in [0.2, 0.25) is 0 Å². The molecule has 4 nitrogen and oxygen atoms in total. The van der Waals surface area contributed by atoms with Crippen LogP contribution in [0.25, 0.3) is 10.9 Å². The smallest absolute Gasteiger partial charge is 0.252 e. The molecule has 1 heterocycles. The normalized spacial score (nSPS) is 10.7. The average Bonchev–Trinajstić information content (AvgIpc) is 2.46. The van der Waals surface area contributed by atoms with Crippen LogP contribution in [0.15, 0.2) is 30.3 Å². The van der Waals surface area contributed by atoms with E-state index in [9.17, 15) is 4.79 Å². The van der Waals surface area contributed by atoms with Gasteiger partial charge in [-0.25, -0.2) is 0 Å². The standard InChI is InChI=1S/C15H17BrN2O2/c1-11-10-13(12-4-2-3-5-14(12)18-11)15(19)17-7-9-20-8-6-16/h2-5,10H,6-9H2,1H3,(H,17,19). The zero-order valence-electron chi connectivity index (χ0n) is 11.4. The molecule has 1 aromatic carbocycles. The van der Waals surface area contributed by atoms with Crippen LogP contribution in [0.1, 0.15) is 16.1 Å². The first kappa shape index (κ1) is 14.9. The number of aromatic nitrogens is 1. The number of halogens is 1. The summed E-state index contributed by atoms with van der Waals surface area (Å²) in [5, 5.41) is 4.54. The summed E-state index contributed by atoms with van der Waals surface area (Å²) >= 11 is 3.28. The number of amides is 1. The number of rotatable bonds is 6. The van der Waals surface area contributed by atoms with Gasteiger partial charge in [0.15, 0.2) is 0 Å². The molecule has 0 fully saturated rings. The first-order valence-electron chi connectivity index (χ1n) is 6.50. The van der Waals surface area contributed by atoms with Gasteiger partial charge >= 0.3 is 0 Å². The number of hydrogen-bond acceptors (Lipinski definition) is 3. The minimum absolute atomic E-state index is 0.0888. The van der Waals surface area contributed by atoms with E-state index in [0.717, 1.165) is 21.9 Å². The molecule has 0 radical (unpaired) electrons. The Labute approximate surface area is 126 Å². The van der Waals surface area contributed by atoms with Crippen molar-refractivity contribution in [2.75, 3.05) is 25.1 Å². The molecule has 0 aliphatic rings. The van der Waals surface area contributed by atoms with Gasteiger partial charge in [-0.3, -0.25) is 9.78 Å². The van der Waals surface area contributed by atoms with Crippen LogP contribution in [-0.2, 0) is 4.74 Å². The summed E-state index contributed by atoms with van der Waals surface area (Å²) in [5.74, 6) is -0.0888. The van der Waals surface area contributed by atoms with Gasteiger partial charge in [-0.2, -0.15) is 0 Å². The number of carbonyl (C=O) groups is 1. The number of carbonyl (C=O) groups excluding carboxylic acids is 1. The molecule has 0 aliphatic carbocycles. The van der Waals surface area contributed by atoms with Crippen molar-refractivity contribution < 1.29 is 9.53 Å². The van der Waals surface area contributed by atoms with E-state index in [0.29, 0.717) is 25.3 Å². The Hall–Kier alpha value is -1.46. The van der Waals surface area contributed by atoms with Gasteiger partial charge in [0, 0.05) is 23.0 Å². The third-order valence-electron chi connectivity index (χ3n) is 2.84. The summed E-state index contributed by atoms with van der Waals surface area (Å²) in [6.45, 7) is 3.55. The van der Waals surface area contributed by atoms with Crippen molar-refractivity contribution in [3.63, 3.8) is 0 Å². The van der Waals surface area contributed by atoms with Crippen molar-refractivity contribution in [2.24, 2.45) is 0 Å². The molecule has 1 N–H and O–H groups in total. The molecule has 0 spiro atoms. The molecule has 0 unspecified atom stereocenters. The van der Waals surface area contributed by atoms with E-state index in [2.05, 4.69) is 26.2 Å². The van der Waals surface area contributed by atoms with E-state index >= 15 is 0 Å². The summed E-state index contributed by atoms with van der Waals surface area (Å²) in [6, 6.07) is 9.48. The summed E-state index contributed by atoms with van der Waals surface area (Å²) < 4.78 is 5.31. The maximum atomic E-state index is 12.2. The van der Waals surface area contributed by atoms with Crippen LogP contribution in [0.5, 0.6) is 0 Å². The van der Waals surface area contributed by atoms with Gasteiger partial charge in [0.05, 0.1) is 24.3 Å². The highest BCUT2D eigenvalue weighted by molar-refractivity contribution is 9.09. The largest absolute Gasteiger partial charge is 0.379 e. The number of benzene rings is 1. The molecule has 0 aliphatic heterocycles. The zero-order chi connectivity index (χ0) is 14.4. The maximum Gasteiger partial charge on any atom is 0.252 e. The number of ether oxygens (including phenoxy) is 1. The van der Waals surface area contributed by atoms with Gasteiger partial charge in [0.25, 0.3) is 5.91 Å². The molecule has 1 aromatic heterocycles. The predicted molar refractivity (Wildman–Crippen MR) is 83.4 cm³/mol. The van der Waals surface area contributed by atoms with Gasteiger partial charge in [-0.1, -0.05) is 34.1 Å². The molecular weight excluding hydrogens is 320 g/mol. The van der Waals surface area contributed by atoms with Gasteiger partial charge in [-0.05, 0) is 19.1 Å². The Morgan fingerprint density at radius 1 is 1.35 bits per heavy atom. The second kappa shape index (κ2) is 7.36. The van der Waals surface area contributed by atoms with Gasteiger partial charge in [0.1, 0.15) is 0 Å². The second-order valence-corrected chi connectivity index (χ2v) is 5.18. The van der Waals surface area contributed by atoms with Gasteiger partial charge in [-0.15, -0.1) is 0 Å². The highest BCUT2D eigenvalue weighted by Gasteiger charge is 2.11. The Bertz CT molecular complexity index is 601. The summed E-state index contributed by atoms with van der Waals surface area (Å²) in [5.41, 5.74) is 2.34. The SMILES string of the molecule is Cc1cc(C(=O)NCCOCCBr)c2ccccc2n1. The van der Waals surface area contributed by atoms with Crippen molar-refractivity contribution in [3.05, 3.63) is 41.6 Å². The molecule has 1 amide bonds. The van der Waals surface area contributed by atoms with Crippen LogP contribution in [0.4, 0.5) is 0 Å². The lowest BCUT2D eigenvalue weighted by molar-refractivity contribution is 0.0925. The fourth-order valence-corrected chi connectivity index (χ4v) is 2.21. The van der Waals surface area contributed by atoms with Crippen molar-refractivity contribution in [2.45, 2.75) is 6.92 Å². The van der Waals surface area contributed by atoms with E-state index in [1.54, 1.807) is 0 Å². The quantitative estimate of drug-likeness (QED) is 0.651. The third kappa shape index (κ3) is 3.77. The Morgan fingerprint density at radius 3 is 2.95 bits per heavy atom. The average molecular weight is 337 g/mol. The molecule has 20 heavy (non-hydrogen) atoms. The lowest BCUT2D eigenvalue weighted by Crippen LogP contribution is -2.27. The number of nitrogens with zero attached hydrogens (tertiary/aromatic N) is 1. The van der Waals surface area contributed by atoms with Crippen LogP contribution in [0.2, 0.25) is 0 Å². The fourth-order valence-electron chi connectivity index (χ4n) is 1.98. The third-order valence-corrected chi connectivity index (χ3v) is 3.17. The molecular formula is C15H17BrN2O2. The molecule has 0 bridgehead atoms. The van der Waals surface area contributed by atoms with E-state index in [4.69, 9.17) is 4.74 Å². The lowest BCUT2D eigenvalue weighted by atomic mass is 10.1. The second-order valence-electron chi connectivity index (χ2n) is 4.39. The Morgan fingerprint density at radius 2 is 2.15 bits per heavy atom. The molecule has 5 heteroatoms. The highest BCUT2D eigenvalue weighted by Crippen LogP contribution is 2.17.